The van der Waals surface area contributed by atoms with Crippen LogP contribution in [0.3, 0.4) is 0 Å². The van der Waals surface area contributed by atoms with Crippen molar-refractivity contribution in [1.29, 1.82) is 0 Å². The van der Waals surface area contributed by atoms with Crippen molar-refractivity contribution in [2.45, 2.75) is 51.5 Å². The molecule has 2 fully saturated rings. The first-order valence-corrected chi connectivity index (χ1v) is 6.69. The molecule has 0 aromatic heterocycles. The van der Waals surface area contributed by atoms with Crippen molar-refractivity contribution >= 4 is 0 Å². The molecule has 15 heavy (non-hydrogen) atoms. The lowest BCUT2D eigenvalue weighted by atomic mass is 9.81. The van der Waals surface area contributed by atoms with Crippen molar-refractivity contribution in [1.82, 2.24) is 5.32 Å². The van der Waals surface area contributed by atoms with E-state index in [0.717, 1.165) is 25.0 Å². The van der Waals surface area contributed by atoms with Crippen molar-refractivity contribution in [2.24, 2.45) is 11.8 Å². The van der Waals surface area contributed by atoms with Crippen LogP contribution in [0, 0.1) is 11.8 Å². The summed E-state index contributed by atoms with van der Waals surface area (Å²) in [5.74, 6) is 1.96. The Morgan fingerprint density at radius 1 is 1.07 bits per heavy atom. The first-order valence-electron chi connectivity index (χ1n) is 6.69. The third-order valence-electron chi connectivity index (χ3n) is 4.17. The van der Waals surface area contributed by atoms with Gasteiger partial charge in [0.25, 0.3) is 0 Å². The van der Waals surface area contributed by atoms with Crippen LogP contribution >= 0.6 is 0 Å². The quantitative estimate of drug-likeness (QED) is 0.771. The molecule has 0 aromatic carbocycles. The maximum atomic E-state index is 5.37. The zero-order chi connectivity index (χ0) is 10.5. The summed E-state index contributed by atoms with van der Waals surface area (Å²) in [6.07, 6.45) is 8.41. The first-order chi connectivity index (χ1) is 7.38. The SMILES string of the molecule is CCC1CCC(CNC2CCOC2)CC1. The third kappa shape index (κ3) is 3.46. The lowest BCUT2D eigenvalue weighted by Crippen LogP contribution is -2.34. The summed E-state index contributed by atoms with van der Waals surface area (Å²) >= 11 is 0. The molecule has 0 spiro atoms. The van der Waals surface area contributed by atoms with Gasteiger partial charge in [-0.3, -0.25) is 0 Å². The third-order valence-corrected chi connectivity index (χ3v) is 4.17. The molecular weight excluding hydrogens is 186 g/mol. The Hall–Kier alpha value is -0.0800. The van der Waals surface area contributed by atoms with Gasteiger partial charge in [-0.15, -0.1) is 0 Å². The highest BCUT2D eigenvalue weighted by Gasteiger charge is 2.21. The summed E-state index contributed by atoms with van der Waals surface area (Å²) in [5.41, 5.74) is 0. The maximum Gasteiger partial charge on any atom is 0.0620 e. The van der Waals surface area contributed by atoms with Crippen molar-refractivity contribution in [3.8, 4) is 0 Å². The van der Waals surface area contributed by atoms with Crippen LogP contribution in [0.15, 0.2) is 0 Å². The van der Waals surface area contributed by atoms with Gasteiger partial charge in [0, 0.05) is 12.6 Å². The highest BCUT2D eigenvalue weighted by Crippen LogP contribution is 2.30. The monoisotopic (exact) mass is 211 g/mol. The predicted octanol–water partition coefficient (Wildman–Crippen LogP) is 2.58. The van der Waals surface area contributed by atoms with Crippen LogP contribution in [0.25, 0.3) is 0 Å². The van der Waals surface area contributed by atoms with E-state index in [2.05, 4.69) is 12.2 Å². The van der Waals surface area contributed by atoms with Crippen molar-refractivity contribution in [3.63, 3.8) is 0 Å². The number of hydrogen-bond acceptors (Lipinski definition) is 2. The van der Waals surface area contributed by atoms with Crippen molar-refractivity contribution in [3.05, 3.63) is 0 Å². The topological polar surface area (TPSA) is 21.3 Å². The molecule has 0 aromatic rings. The molecule has 1 atom stereocenters. The largest absolute Gasteiger partial charge is 0.380 e. The van der Waals surface area contributed by atoms with E-state index in [4.69, 9.17) is 4.74 Å². The Kier molecular flexibility index (Phi) is 4.45. The lowest BCUT2D eigenvalue weighted by Gasteiger charge is -2.28. The molecule has 1 heterocycles. The molecule has 0 amide bonds. The molecule has 1 saturated carbocycles. The molecule has 1 aliphatic carbocycles. The van der Waals surface area contributed by atoms with E-state index in [1.165, 1.54) is 45.1 Å². The van der Waals surface area contributed by atoms with Crippen molar-refractivity contribution in [2.75, 3.05) is 19.8 Å². The number of nitrogens with one attached hydrogen (secondary N) is 1. The molecule has 0 bridgehead atoms. The van der Waals surface area contributed by atoms with E-state index in [0.29, 0.717) is 6.04 Å². The van der Waals surface area contributed by atoms with Crippen LogP contribution < -0.4 is 5.32 Å². The van der Waals surface area contributed by atoms with E-state index >= 15 is 0 Å². The minimum absolute atomic E-state index is 0.647. The molecule has 2 rings (SSSR count). The fraction of sp³-hybridized carbons (Fsp3) is 1.00. The van der Waals surface area contributed by atoms with E-state index in [-0.39, 0.29) is 0 Å². The molecular formula is C13H25NO. The zero-order valence-electron chi connectivity index (χ0n) is 10.0. The van der Waals surface area contributed by atoms with Crippen LogP contribution in [0.1, 0.15) is 45.4 Å². The van der Waals surface area contributed by atoms with E-state index in [1.54, 1.807) is 0 Å². The summed E-state index contributed by atoms with van der Waals surface area (Å²) in [5, 5.41) is 3.66. The summed E-state index contributed by atoms with van der Waals surface area (Å²) in [6, 6.07) is 0.647. The smallest absolute Gasteiger partial charge is 0.0620 e. The van der Waals surface area contributed by atoms with Gasteiger partial charge in [0.1, 0.15) is 0 Å². The van der Waals surface area contributed by atoms with E-state index < -0.39 is 0 Å². The van der Waals surface area contributed by atoms with Crippen molar-refractivity contribution < 1.29 is 4.74 Å². The van der Waals surface area contributed by atoms with Gasteiger partial charge in [-0.1, -0.05) is 26.2 Å². The number of ether oxygens (including phenoxy) is 1. The molecule has 1 N–H and O–H groups in total. The second-order valence-corrected chi connectivity index (χ2v) is 5.26. The summed E-state index contributed by atoms with van der Waals surface area (Å²) < 4.78 is 5.37. The minimum atomic E-state index is 0.647. The average Bonchev–Trinajstić information content (AvgIpc) is 2.80. The summed E-state index contributed by atoms with van der Waals surface area (Å²) in [6.45, 7) is 5.45. The average molecular weight is 211 g/mol. The molecule has 0 radical (unpaired) electrons. The van der Waals surface area contributed by atoms with Gasteiger partial charge in [0.2, 0.25) is 0 Å². The van der Waals surface area contributed by atoms with Gasteiger partial charge >= 0.3 is 0 Å². The van der Waals surface area contributed by atoms with E-state index in [9.17, 15) is 0 Å². The maximum absolute atomic E-state index is 5.37. The first kappa shape index (κ1) is 11.4. The highest BCUT2D eigenvalue weighted by molar-refractivity contribution is 4.77. The molecule has 1 unspecified atom stereocenters. The van der Waals surface area contributed by atoms with Crippen LogP contribution in [0.5, 0.6) is 0 Å². The Morgan fingerprint density at radius 2 is 1.80 bits per heavy atom. The van der Waals surface area contributed by atoms with Crippen LogP contribution in [-0.4, -0.2) is 25.8 Å². The predicted molar refractivity (Wildman–Crippen MR) is 63.0 cm³/mol. The fourth-order valence-electron chi connectivity index (χ4n) is 2.87. The standard InChI is InChI=1S/C13H25NO/c1-2-11-3-5-12(6-4-11)9-14-13-7-8-15-10-13/h11-14H,2-10H2,1H3. The second kappa shape index (κ2) is 5.86. The lowest BCUT2D eigenvalue weighted by molar-refractivity contribution is 0.187. The highest BCUT2D eigenvalue weighted by atomic mass is 16.5. The Balaban J connectivity index is 1.59. The summed E-state index contributed by atoms with van der Waals surface area (Å²) in [7, 11) is 0. The van der Waals surface area contributed by atoms with Gasteiger partial charge < -0.3 is 10.1 Å². The molecule has 2 nitrogen and oxygen atoms in total. The molecule has 88 valence electrons. The molecule has 2 aliphatic rings. The normalized spacial score (nSPS) is 37.0. The van der Waals surface area contributed by atoms with Gasteiger partial charge in [-0.2, -0.15) is 0 Å². The molecule has 1 saturated heterocycles. The summed E-state index contributed by atoms with van der Waals surface area (Å²) in [4.78, 5) is 0. The molecule has 1 aliphatic heterocycles. The Morgan fingerprint density at radius 3 is 2.40 bits per heavy atom. The Labute approximate surface area is 93.8 Å². The van der Waals surface area contributed by atoms with E-state index in [1.807, 2.05) is 0 Å². The van der Waals surface area contributed by atoms with Gasteiger partial charge in [0.05, 0.1) is 6.61 Å². The van der Waals surface area contributed by atoms with Crippen LogP contribution in [0.4, 0.5) is 0 Å². The van der Waals surface area contributed by atoms with Gasteiger partial charge in [-0.05, 0) is 37.6 Å². The second-order valence-electron chi connectivity index (χ2n) is 5.26. The number of rotatable bonds is 4. The van der Waals surface area contributed by atoms with Gasteiger partial charge in [-0.25, -0.2) is 0 Å². The minimum Gasteiger partial charge on any atom is -0.380 e. The van der Waals surface area contributed by atoms with Gasteiger partial charge in [0.15, 0.2) is 0 Å². The fourth-order valence-corrected chi connectivity index (χ4v) is 2.87. The van der Waals surface area contributed by atoms with Crippen LogP contribution in [-0.2, 0) is 4.74 Å². The van der Waals surface area contributed by atoms with Crippen LogP contribution in [0.2, 0.25) is 0 Å². The zero-order valence-corrected chi connectivity index (χ0v) is 10.0. The Bertz CT molecular complexity index is 169. The molecule has 2 heteroatoms. The number of hydrogen-bond donors (Lipinski definition) is 1.